The van der Waals surface area contributed by atoms with Crippen LogP contribution in [0.5, 0.6) is 0 Å². The minimum atomic E-state index is -4.61. The first-order valence-electron chi connectivity index (χ1n) is 5.35. The third kappa shape index (κ3) is 2.55. The summed E-state index contributed by atoms with van der Waals surface area (Å²) in [6.45, 7) is 1.81. The van der Waals surface area contributed by atoms with Gasteiger partial charge in [-0.15, -0.1) is 0 Å². The standard InChI is InChI=1S/C11H11F3N2O2/c1-10(4-5-10)15-9-3-2-7(16(17)18)6-8(9)11(12,13)14/h2-3,6,15H,4-5H2,1H3. The molecule has 0 saturated heterocycles. The minimum Gasteiger partial charge on any atom is -0.379 e. The molecule has 1 aromatic carbocycles. The number of rotatable bonds is 3. The highest BCUT2D eigenvalue weighted by atomic mass is 19.4. The van der Waals surface area contributed by atoms with E-state index in [9.17, 15) is 23.3 Å². The maximum atomic E-state index is 12.8. The Labute approximate surface area is 101 Å². The van der Waals surface area contributed by atoms with Crippen molar-refractivity contribution < 1.29 is 18.1 Å². The SMILES string of the molecule is CC1(Nc2ccc([N+](=O)[O-])cc2C(F)(F)F)CC1. The lowest BCUT2D eigenvalue weighted by Gasteiger charge is -2.18. The van der Waals surface area contributed by atoms with Gasteiger partial charge in [0.1, 0.15) is 0 Å². The average molecular weight is 260 g/mol. The van der Waals surface area contributed by atoms with Gasteiger partial charge in [0.05, 0.1) is 10.5 Å². The second kappa shape index (κ2) is 3.86. The predicted molar refractivity (Wildman–Crippen MR) is 59.4 cm³/mol. The Morgan fingerprint density at radius 2 is 2.00 bits per heavy atom. The third-order valence-electron chi connectivity index (χ3n) is 2.96. The van der Waals surface area contributed by atoms with Crippen molar-refractivity contribution in [3.05, 3.63) is 33.9 Å². The van der Waals surface area contributed by atoms with E-state index in [1.165, 1.54) is 0 Å². The molecule has 4 nitrogen and oxygen atoms in total. The van der Waals surface area contributed by atoms with Crippen LogP contribution in [0.2, 0.25) is 0 Å². The molecule has 0 bridgehead atoms. The van der Waals surface area contributed by atoms with Crippen LogP contribution in [-0.4, -0.2) is 10.5 Å². The lowest BCUT2D eigenvalue weighted by molar-refractivity contribution is -0.385. The van der Waals surface area contributed by atoms with Crippen molar-refractivity contribution in [2.45, 2.75) is 31.5 Å². The Morgan fingerprint density at radius 3 is 2.44 bits per heavy atom. The summed E-state index contributed by atoms with van der Waals surface area (Å²) < 4.78 is 38.5. The van der Waals surface area contributed by atoms with E-state index in [1.54, 1.807) is 0 Å². The number of non-ortho nitro benzene ring substituents is 1. The summed E-state index contributed by atoms with van der Waals surface area (Å²) in [6, 6.07) is 2.75. The van der Waals surface area contributed by atoms with Crippen LogP contribution < -0.4 is 5.32 Å². The van der Waals surface area contributed by atoms with E-state index in [4.69, 9.17) is 0 Å². The van der Waals surface area contributed by atoms with Crippen LogP contribution >= 0.6 is 0 Å². The van der Waals surface area contributed by atoms with Gasteiger partial charge >= 0.3 is 6.18 Å². The normalized spacial score (nSPS) is 17.3. The molecule has 1 aromatic rings. The third-order valence-corrected chi connectivity index (χ3v) is 2.96. The number of hydrogen-bond donors (Lipinski definition) is 1. The van der Waals surface area contributed by atoms with Crippen LogP contribution in [0.4, 0.5) is 24.5 Å². The smallest absolute Gasteiger partial charge is 0.379 e. The summed E-state index contributed by atoms with van der Waals surface area (Å²) >= 11 is 0. The zero-order valence-electron chi connectivity index (χ0n) is 9.54. The summed E-state index contributed by atoms with van der Waals surface area (Å²) in [5, 5.41) is 13.3. The molecular weight excluding hydrogens is 249 g/mol. The van der Waals surface area contributed by atoms with E-state index in [0.29, 0.717) is 6.07 Å². The number of nitro groups is 1. The van der Waals surface area contributed by atoms with E-state index in [0.717, 1.165) is 25.0 Å². The van der Waals surface area contributed by atoms with Gasteiger partial charge in [0.15, 0.2) is 0 Å². The van der Waals surface area contributed by atoms with Crippen LogP contribution in [0.1, 0.15) is 25.3 Å². The molecular formula is C11H11F3N2O2. The summed E-state index contributed by atoms with van der Waals surface area (Å²) in [4.78, 5) is 9.67. The first-order valence-corrected chi connectivity index (χ1v) is 5.35. The summed E-state index contributed by atoms with van der Waals surface area (Å²) in [6.07, 6.45) is -3.03. The van der Waals surface area contributed by atoms with Crippen LogP contribution in [0.15, 0.2) is 18.2 Å². The Hall–Kier alpha value is -1.79. The second-order valence-electron chi connectivity index (χ2n) is 4.67. The highest BCUT2D eigenvalue weighted by Crippen LogP contribution is 2.43. The number of anilines is 1. The van der Waals surface area contributed by atoms with Crippen molar-refractivity contribution in [2.75, 3.05) is 5.32 Å². The summed E-state index contributed by atoms with van der Waals surface area (Å²) in [5.74, 6) is 0. The van der Waals surface area contributed by atoms with Crippen molar-refractivity contribution in [1.82, 2.24) is 0 Å². The molecule has 1 saturated carbocycles. The fourth-order valence-electron chi connectivity index (χ4n) is 1.63. The molecule has 2 rings (SSSR count). The fraction of sp³-hybridized carbons (Fsp3) is 0.455. The van der Waals surface area contributed by atoms with E-state index in [1.807, 2.05) is 6.92 Å². The molecule has 0 radical (unpaired) electrons. The number of nitrogens with one attached hydrogen (secondary N) is 1. The van der Waals surface area contributed by atoms with Crippen molar-refractivity contribution in [2.24, 2.45) is 0 Å². The van der Waals surface area contributed by atoms with Gasteiger partial charge in [-0.3, -0.25) is 10.1 Å². The van der Waals surface area contributed by atoms with Gasteiger partial charge in [-0.2, -0.15) is 13.2 Å². The first kappa shape index (κ1) is 12.7. The Morgan fingerprint density at radius 1 is 1.39 bits per heavy atom. The molecule has 1 N–H and O–H groups in total. The molecule has 7 heteroatoms. The second-order valence-corrected chi connectivity index (χ2v) is 4.67. The van der Waals surface area contributed by atoms with Crippen molar-refractivity contribution in [1.29, 1.82) is 0 Å². The fourth-order valence-corrected chi connectivity index (χ4v) is 1.63. The molecule has 1 aliphatic carbocycles. The maximum Gasteiger partial charge on any atom is 0.418 e. The predicted octanol–water partition coefficient (Wildman–Crippen LogP) is 3.58. The number of nitrogens with zero attached hydrogens (tertiary/aromatic N) is 1. The summed E-state index contributed by atoms with van der Waals surface area (Å²) in [7, 11) is 0. The van der Waals surface area contributed by atoms with Crippen LogP contribution in [-0.2, 0) is 6.18 Å². The molecule has 18 heavy (non-hydrogen) atoms. The topological polar surface area (TPSA) is 55.2 Å². The summed E-state index contributed by atoms with van der Waals surface area (Å²) in [5.41, 5.74) is -1.98. The largest absolute Gasteiger partial charge is 0.418 e. The molecule has 0 aromatic heterocycles. The van der Waals surface area contributed by atoms with Gasteiger partial charge in [-0.05, 0) is 25.8 Å². The molecule has 0 aliphatic heterocycles. The number of benzene rings is 1. The lowest BCUT2D eigenvalue weighted by Crippen LogP contribution is -2.19. The molecule has 1 aliphatic rings. The lowest BCUT2D eigenvalue weighted by atomic mass is 10.1. The van der Waals surface area contributed by atoms with Crippen molar-refractivity contribution in [3.8, 4) is 0 Å². The van der Waals surface area contributed by atoms with Crippen molar-refractivity contribution >= 4 is 11.4 Å². The van der Waals surface area contributed by atoms with E-state index in [2.05, 4.69) is 5.32 Å². The van der Waals surface area contributed by atoms with Crippen LogP contribution in [0.25, 0.3) is 0 Å². The van der Waals surface area contributed by atoms with Gasteiger partial charge in [0.2, 0.25) is 0 Å². The van der Waals surface area contributed by atoms with E-state index < -0.39 is 22.4 Å². The Kier molecular flexibility index (Phi) is 2.71. The molecule has 0 amide bonds. The molecule has 1 fully saturated rings. The van der Waals surface area contributed by atoms with E-state index >= 15 is 0 Å². The zero-order chi connectivity index (χ0) is 13.6. The average Bonchev–Trinajstić information content (AvgIpc) is 2.94. The Bertz CT molecular complexity index is 496. The molecule has 0 unspecified atom stereocenters. The highest BCUT2D eigenvalue weighted by Gasteiger charge is 2.41. The molecule has 98 valence electrons. The van der Waals surface area contributed by atoms with E-state index in [-0.39, 0.29) is 11.2 Å². The molecule has 0 heterocycles. The van der Waals surface area contributed by atoms with Gasteiger partial charge in [-0.1, -0.05) is 0 Å². The highest BCUT2D eigenvalue weighted by molar-refractivity contribution is 5.59. The van der Waals surface area contributed by atoms with Gasteiger partial charge < -0.3 is 5.32 Å². The van der Waals surface area contributed by atoms with Gasteiger partial charge in [0.25, 0.3) is 5.69 Å². The Balaban J connectivity index is 2.42. The van der Waals surface area contributed by atoms with Gasteiger partial charge in [0, 0.05) is 23.4 Å². The maximum absolute atomic E-state index is 12.8. The molecule has 0 atom stereocenters. The number of nitro benzene ring substituents is 1. The van der Waals surface area contributed by atoms with Gasteiger partial charge in [-0.25, -0.2) is 0 Å². The monoisotopic (exact) mass is 260 g/mol. The number of halogens is 3. The number of alkyl halides is 3. The van der Waals surface area contributed by atoms with Crippen molar-refractivity contribution in [3.63, 3.8) is 0 Å². The zero-order valence-corrected chi connectivity index (χ0v) is 9.54. The van der Waals surface area contributed by atoms with Crippen LogP contribution in [0, 0.1) is 10.1 Å². The quantitative estimate of drug-likeness (QED) is 0.667. The first-order chi connectivity index (χ1) is 8.21. The molecule has 0 spiro atoms. The van der Waals surface area contributed by atoms with Crippen LogP contribution in [0.3, 0.4) is 0 Å². The number of hydrogen-bond acceptors (Lipinski definition) is 3. The minimum absolute atomic E-state index is 0.104.